The summed E-state index contributed by atoms with van der Waals surface area (Å²) in [6.07, 6.45) is 4.06. The number of phenols is 1. The molecule has 0 unspecified atom stereocenters. The molecule has 5 aromatic carbocycles. The number of alkyl carbamates (subject to hydrolysis) is 4. The Balaban J connectivity index is 0.000000243. The second-order valence-electron chi connectivity index (χ2n) is 40.5. The lowest BCUT2D eigenvalue weighted by Gasteiger charge is -2.23. The van der Waals surface area contributed by atoms with Crippen molar-refractivity contribution in [1.29, 1.82) is 0 Å². The van der Waals surface area contributed by atoms with Gasteiger partial charge < -0.3 is 129 Å². The highest BCUT2D eigenvalue weighted by Crippen LogP contribution is 2.34. The van der Waals surface area contributed by atoms with Gasteiger partial charge in [0.1, 0.15) is 85.6 Å². The van der Waals surface area contributed by atoms with Crippen molar-refractivity contribution in [2.24, 2.45) is 5.73 Å². The number of anilines is 1. The number of Topliss-reactive ketones (excluding diaryl/α,β-unsaturated/α-hetero) is 2. The minimum absolute atomic E-state index is 0.00443. The van der Waals surface area contributed by atoms with E-state index in [1.807, 2.05) is 38.4 Å². The number of H-pyrrole nitrogens is 5. The summed E-state index contributed by atoms with van der Waals surface area (Å²) in [5.41, 5.74) is 8.75. The molecule has 0 bridgehead atoms. The predicted octanol–water partition coefficient (Wildman–Crippen LogP) is 20.0. The molecule has 0 fully saturated rings. The van der Waals surface area contributed by atoms with Gasteiger partial charge in [-0.2, -0.15) is 0 Å². The summed E-state index contributed by atoms with van der Waals surface area (Å²) in [4.78, 5) is 164. The number of hydrogen-bond acceptors (Lipinski definition) is 29. The summed E-state index contributed by atoms with van der Waals surface area (Å²) in [6, 6.07) is 21.2. The van der Waals surface area contributed by atoms with Crippen molar-refractivity contribution in [2.45, 2.75) is 280 Å². The highest BCUT2D eigenvalue weighted by atomic mass is 79.9. The molecule has 6 heterocycles. The highest BCUT2D eigenvalue weighted by molar-refractivity contribution is 9.09. The Bertz CT molecular complexity index is 6070. The number of rotatable bonds is 25. The van der Waals surface area contributed by atoms with Crippen LogP contribution in [0, 0.1) is 0 Å². The number of aromatic amines is 5. The minimum Gasteiger partial charge on any atom is -0.508 e. The number of carbonyl (C=O) groups excluding carboxylic acids is 10. The van der Waals surface area contributed by atoms with Gasteiger partial charge in [0.25, 0.3) is 0 Å². The fourth-order valence-corrected chi connectivity index (χ4v) is 14.1. The van der Waals surface area contributed by atoms with Crippen molar-refractivity contribution in [2.75, 3.05) is 17.7 Å². The number of phenolic OH excluding ortho intramolecular Hbond substituents is 1. The number of amides is 4. The largest absolute Gasteiger partial charge is 0.514 e. The number of aromatic hydroxyl groups is 1. The lowest BCUT2D eigenvalue weighted by atomic mass is 10.0. The van der Waals surface area contributed by atoms with Crippen LogP contribution in [-0.4, -0.2) is 199 Å². The van der Waals surface area contributed by atoms with Crippen molar-refractivity contribution in [3.63, 3.8) is 0 Å². The molecule has 41 heteroatoms. The maximum Gasteiger partial charge on any atom is 0.514 e. The van der Waals surface area contributed by atoms with Crippen LogP contribution in [0.3, 0.4) is 0 Å². The van der Waals surface area contributed by atoms with Crippen LogP contribution in [-0.2, 0) is 89.2 Å². The number of alkyl halides is 1. The van der Waals surface area contributed by atoms with Gasteiger partial charge in [0.15, 0.2) is 16.7 Å². The Labute approximate surface area is 828 Å². The number of fused-ring (bicyclic) bond motifs is 5. The van der Waals surface area contributed by atoms with Crippen molar-refractivity contribution in [3.05, 3.63) is 161 Å². The quantitative estimate of drug-likeness (QED) is 0.0109. The fraction of sp³-hybridized carbons (Fsp3) is 0.450. The highest BCUT2D eigenvalue weighted by Gasteiger charge is 2.33. The number of aromatic nitrogens is 6. The number of ketones is 2. The molecule has 0 aliphatic carbocycles. The lowest BCUT2D eigenvalue weighted by Crippen LogP contribution is -2.45. The molecule has 11 rings (SSSR count). The number of hydrogen-bond donors (Lipinski definition) is 14. The molecule has 0 saturated heterocycles. The first-order chi connectivity index (χ1) is 65.1. The van der Waals surface area contributed by atoms with E-state index < -0.39 is 136 Å². The third kappa shape index (κ3) is 39.6. The number of nitrogens with zero attached hydrogens (tertiary/aromatic N) is 1. The maximum absolute atomic E-state index is 12.5. The SMILES string of the molecule is CC(=O)[C@H](Cc1c[nH]c2ccc(OC(=O)OC(C)(C)C)cc12)NC(=O)OC(C)(C)C.CC(C)(C)OC(=O)N[C@@H](Cc1c[nH]c2ccc(OC(=O)OC(C)(C)C)cc12)C(=O)CBr.CC(C)(C)OC(=O)N[C@@H](Cc1c[nH]c2ccc(OC(=O)OC(C)(C)C)cc12)C(=O)O.CNc1nc([C@H](Cc2c[nH]c3ccc(OC(=O)OC(C)(C)C)cc23)NC(=O)OC(C)(C)C)cs1.N[C@@H](Cc1c[nH]c2ccc(O)cc12)C(=O)O. The molecule has 15 N–H and O–H groups in total. The number of carbonyl (C=O) groups is 12. The zero-order valence-electron chi connectivity index (χ0n) is 84.2. The molecule has 0 aliphatic rings. The molecule has 0 aliphatic heterocycles. The van der Waals surface area contributed by atoms with Gasteiger partial charge in [-0.05, 0) is 292 Å². The fourth-order valence-electron chi connectivity index (χ4n) is 13.0. The average molecular weight is 2050 g/mol. The molecule has 141 heavy (non-hydrogen) atoms. The number of thiazole rings is 1. The van der Waals surface area contributed by atoms with Gasteiger partial charge >= 0.3 is 60.9 Å². The summed E-state index contributed by atoms with van der Waals surface area (Å²) in [6.45, 7) is 43.4. The molecular formula is C100H131BrN12O27S. The molecule has 5 atom stereocenters. The number of aliphatic carboxylic acids is 2. The summed E-state index contributed by atoms with van der Waals surface area (Å²) in [5, 5.41) is 47.8. The van der Waals surface area contributed by atoms with Crippen molar-refractivity contribution < 1.29 is 130 Å². The average Bonchev–Trinajstić information content (AvgIpc) is 1.67. The second-order valence-corrected chi connectivity index (χ2v) is 42.0. The number of halogens is 1. The monoisotopic (exact) mass is 2040 g/mol. The summed E-state index contributed by atoms with van der Waals surface area (Å²) >= 11 is 4.62. The number of carboxylic acid groups (broad SMARTS) is 2. The van der Waals surface area contributed by atoms with Gasteiger partial charge in [-0.3, -0.25) is 14.4 Å². The van der Waals surface area contributed by atoms with Crippen molar-refractivity contribution in [3.8, 4) is 28.7 Å². The molecule has 6 aromatic heterocycles. The van der Waals surface area contributed by atoms with Gasteiger partial charge in [-0.1, -0.05) is 15.9 Å². The molecule has 766 valence electrons. The van der Waals surface area contributed by atoms with Crippen LogP contribution in [0.2, 0.25) is 0 Å². The predicted molar refractivity (Wildman–Crippen MR) is 535 cm³/mol. The van der Waals surface area contributed by atoms with Gasteiger partial charge in [0.05, 0.1) is 29.1 Å². The smallest absolute Gasteiger partial charge is 0.508 e. The molecule has 11 aromatic rings. The third-order valence-corrected chi connectivity index (χ3v) is 20.1. The Kier molecular flexibility index (Phi) is 38.9. The molecular weight excluding hydrogens is 1910 g/mol. The van der Waals surface area contributed by atoms with Gasteiger partial charge in [0.2, 0.25) is 0 Å². The van der Waals surface area contributed by atoms with E-state index in [1.165, 1.54) is 18.3 Å². The third-order valence-electron chi connectivity index (χ3n) is 18.7. The Morgan fingerprint density at radius 1 is 0.376 bits per heavy atom. The topological polar surface area (TPSA) is 554 Å². The first-order valence-electron chi connectivity index (χ1n) is 44.9. The maximum atomic E-state index is 12.5. The number of carboxylic acids is 2. The zero-order chi connectivity index (χ0) is 106. The van der Waals surface area contributed by atoms with E-state index >= 15 is 0 Å². The van der Waals surface area contributed by atoms with Crippen LogP contribution in [0.25, 0.3) is 54.5 Å². The van der Waals surface area contributed by atoms with Crippen LogP contribution in [0.15, 0.2) is 127 Å². The van der Waals surface area contributed by atoms with Crippen LogP contribution in [0.1, 0.15) is 213 Å². The van der Waals surface area contributed by atoms with E-state index in [-0.39, 0.29) is 54.1 Å². The Morgan fingerprint density at radius 3 is 0.943 bits per heavy atom. The number of nitrogens with one attached hydrogen (secondary N) is 10. The lowest BCUT2D eigenvalue weighted by molar-refractivity contribution is -0.140. The Hall–Kier alpha value is -14.1. The van der Waals surface area contributed by atoms with Crippen LogP contribution in [0.4, 0.5) is 43.5 Å². The van der Waals surface area contributed by atoms with Crippen LogP contribution < -0.4 is 51.3 Å². The number of ether oxygens (including phenoxy) is 12. The molecule has 0 radical (unpaired) electrons. The van der Waals surface area contributed by atoms with E-state index in [0.717, 1.165) is 82.2 Å². The van der Waals surface area contributed by atoms with E-state index in [4.69, 9.17) is 67.7 Å². The van der Waals surface area contributed by atoms with Gasteiger partial charge in [-0.25, -0.2) is 48.1 Å². The minimum atomic E-state index is -1.20. The molecule has 0 spiro atoms. The zero-order valence-corrected chi connectivity index (χ0v) is 86.6. The molecule has 0 saturated carbocycles. The second kappa shape index (κ2) is 48.2. The standard InChI is InChI=1S/C24H32N4O5S.C22H29BrN2O6.C22H30N2O6.C21H28N2O7.C11H12N2O3/c1-23(2,3)32-21(29)28-18(19-13-34-20(25-7)27-19)10-14-12-26-17-9-8-15(11-16(14)17)31-22(30)33-24(4,5)6;1-21(2,3)30-19(27)25-17(18(26)11-23)9-13-12-24-16-8-7-14(10-15(13)16)29-20(28)31-22(4,5)6;1-13(25)18(24-19(26)29-21(2,3)4)10-14-12-23-17-9-8-15(11-16(14)17)28-20(27)30-22(5,6)7;1-20(2,3)29-18(26)23-16(17(24)25)9-12-11-22-15-8-7-13(10-14(12)15)28-19(27)30-21(4,5)6;12-9(11(15)16)3-6-5-13-10-2-1-7(14)4-8(6)10/h8-9,11-13,18,26H,10H2,1-7H3,(H,25,27)(H,28,29);7-8,10,12,17,24H,9,11H2,1-6H3,(H,25,27);8-9,11-12,18,23H,10H2,1-7H3,(H,24,26);7-8,10-11,16,22H,9H2,1-6H3,(H,23,26)(H,24,25);1-2,4-5,9,13-14H,3,12H2,(H,15,16)/t18-;17-;18-;16-;9-/m00000/s1. The van der Waals surface area contributed by atoms with E-state index in [1.54, 1.807) is 262 Å². The normalized spacial score (nSPS) is 12.9. The van der Waals surface area contributed by atoms with E-state index in [2.05, 4.69) is 72.4 Å². The van der Waals surface area contributed by atoms with Crippen molar-refractivity contribution >= 4 is 159 Å². The first kappa shape index (κ1) is 114. The Morgan fingerprint density at radius 2 is 0.652 bits per heavy atom. The first-order valence-corrected chi connectivity index (χ1v) is 46.9. The number of nitrogens with two attached hydrogens (primary N) is 1. The summed E-state index contributed by atoms with van der Waals surface area (Å²) in [5.74, 6) is -1.22. The summed E-state index contributed by atoms with van der Waals surface area (Å²) in [7, 11) is 1.80. The van der Waals surface area contributed by atoms with E-state index in [9.17, 15) is 67.7 Å². The molecule has 39 nitrogen and oxygen atoms in total. The van der Waals surface area contributed by atoms with Gasteiger partial charge in [-0.15, -0.1) is 11.3 Å². The van der Waals surface area contributed by atoms with Crippen molar-refractivity contribution in [1.82, 2.24) is 51.2 Å². The molecule has 4 amide bonds. The summed E-state index contributed by atoms with van der Waals surface area (Å²) < 4.78 is 63.0. The number of benzene rings is 5. The van der Waals surface area contributed by atoms with E-state index in [0.29, 0.717) is 34.6 Å². The van der Waals surface area contributed by atoms with Crippen LogP contribution in [0.5, 0.6) is 28.7 Å². The van der Waals surface area contributed by atoms with Crippen LogP contribution >= 0.6 is 27.3 Å². The van der Waals surface area contributed by atoms with Gasteiger partial charge in [0, 0.05) is 130 Å².